The summed E-state index contributed by atoms with van der Waals surface area (Å²) >= 11 is 0. The van der Waals surface area contributed by atoms with Gasteiger partial charge in [-0.25, -0.2) is 14.4 Å². The van der Waals surface area contributed by atoms with Gasteiger partial charge in [0, 0.05) is 93.8 Å². The number of aromatic amines is 2. The highest BCUT2D eigenvalue weighted by Gasteiger charge is 2.40. The number of ether oxygens (including phenoxy) is 4. The molecule has 5 fully saturated rings. The minimum absolute atomic E-state index is 0. The number of piperidine rings is 2. The SMILES string of the molecule is C.CC[C@H]1O[C@@H](n2cc(C)c(=O)[nH]c2=O)CC1O.CC[C@H]1O[C@@H](n2cc(C)c(=O)[nH]c2=O)CC1OC(=O)OC(CN(Cc1ccccc1)CC1CCCCN1)c1ccccc1.c1ccc(CN2CC3CCCCN3C(c3ccccc3)C2)cc1. The van der Waals surface area contributed by atoms with Crippen LogP contribution < -0.4 is 27.8 Å². The first kappa shape index (κ1) is 63.3. The van der Waals surface area contributed by atoms with Crippen LogP contribution in [0.4, 0.5) is 4.79 Å². The fourth-order valence-corrected chi connectivity index (χ4v) is 12.3. The summed E-state index contributed by atoms with van der Waals surface area (Å²) in [6.45, 7) is 14.9. The van der Waals surface area contributed by atoms with Gasteiger partial charge in [0.05, 0.1) is 18.3 Å². The number of nitrogens with one attached hydrogen (secondary N) is 3. The molecule has 4 N–H and O–H groups in total. The molecule has 0 aliphatic carbocycles. The van der Waals surface area contributed by atoms with Gasteiger partial charge in [-0.3, -0.25) is 43.4 Å². The van der Waals surface area contributed by atoms with Crippen molar-refractivity contribution in [3.8, 4) is 0 Å². The second-order valence-corrected chi connectivity index (χ2v) is 22.8. The minimum Gasteiger partial charge on any atom is -0.428 e. The van der Waals surface area contributed by atoms with Crippen LogP contribution in [-0.4, -0.2) is 121 Å². The van der Waals surface area contributed by atoms with Crippen LogP contribution in [0.2, 0.25) is 0 Å². The Kier molecular flexibility index (Phi) is 23.2. The Morgan fingerprint density at radius 1 is 0.702 bits per heavy atom. The van der Waals surface area contributed by atoms with E-state index in [0.717, 1.165) is 50.7 Å². The number of aliphatic hydroxyl groups excluding tert-OH is 1. The van der Waals surface area contributed by atoms with Crippen molar-refractivity contribution in [3.63, 3.8) is 0 Å². The molecule has 6 aromatic rings. The van der Waals surface area contributed by atoms with Gasteiger partial charge in [0.1, 0.15) is 24.7 Å². The van der Waals surface area contributed by atoms with E-state index in [1.54, 1.807) is 13.8 Å². The standard InChI is InChI=1S/C33H42N4O6.C21H26N2.C11H16N2O4.CH4/c1-3-27-28(18-30(41-27)37-19-23(2)31(38)35-32(37)39)42-33(40)43-29(25-14-8-5-9-15-25)22-36(20-24-12-6-4-7-13-24)21-26-16-10-11-17-34-26;1-3-9-18(10-4-1)15-22-16-20-13-7-8-14-23(20)21(17-22)19-11-5-2-6-12-19;1-3-8-7(14)4-9(17-8)13-5-6(2)10(15)12-11(13)16;/h4-9,12-15,19,26-30,34H,3,10-11,16-18,20-22H2,1-2H3,(H,35,38,39);1-6,9-12,20-21H,7-8,13-17H2;5,7-9,14H,3-4H2,1-2H3,(H,12,15,16);1H4/t26?,27-,28?,29?,30-;;7?,8-,9-;/m1.1./s1. The average Bonchev–Trinajstić information content (AvgIpc) is 3.13. The molecule has 6 unspecified atom stereocenters. The van der Waals surface area contributed by atoms with Crippen LogP contribution in [0.1, 0.15) is 143 Å². The predicted molar refractivity (Wildman–Crippen MR) is 326 cm³/mol. The van der Waals surface area contributed by atoms with Crippen LogP contribution in [0.3, 0.4) is 0 Å². The number of carbonyl (C=O) groups is 1. The molecule has 84 heavy (non-hydrogen) atoms. The van der Waals surface area contributed by atoms with Crippen molar-refractivity contribution >= 4 is 6.16 Å². The normalized spacial score (nSPS) is 24.5. The van der Waals surface area contributed by atoms with E-state index in [4.69, 9.17) is 18.9 Å². The Morgan fingerprint density at radius 3 is 1.87 bits per heavy atom. The third kappa shape index (κ3) is 17.0. The van der Waals surface area contributed by atoms with Gasteiger partial charge in [-0.2, -0.15) is 0 Å². The van der Waals surface area contributed by atoms with Crippen LogP contribution in [0.15, 0.2) is 153 Å². The topological polar surface area (TPSA) is 206 Å². The summed E-state index contributed by atoms with van der Waals surface area (Å²) in [4.78, 5) is 72.8. The van der Waals surface area contributed by atoms with Gasteiger partial charge < -0.3 is 29.4 Å². The zero-order valence-electron chi connectivity index (χ0n) is 48.6. The van der Waals surface area contributed by atoms with E-state index >= 15 is 0 Å². The van der Waals surface area contributed by atoms with E-state index in [0.29, 0.717) is 49.0 Å². The number of carbonyl (C=O) groups excluding carboxylic acids is 1. The summed E-state index contributed by atoms with van der Waals surface area (Å²) in [6.07, 6.45) is 8.12. The van der Waals surface area contributed by atoms with Crippen LogP contribution >= 0.6 is 0 Å². The summed E-state index contributed by atoms with van der Waals surface area (Å²) in [6, 6.07) is 43.8. The van der Waals surface area contributed by atoms with Crippen LogP contribution in [0.5, 0.6) is 0 Å². The Bertz CT molecular complexity index is 3210. The van der Waals surface area contributed by atoms with Gasteiger partial charge in [0.15, 0.2) is 0 Å². The first-order valence-corrected chi connectivity index (χ1v) is 29.9. The maximum atomic E-state index is 13.3. The number of hydrogen-bond donors (Lipinski definition) is 4. The molecule has 452 valence electrons. The third-order valence-electron chi connectivity index (χ3n) is 16.7. The van der Waals surface area contributed by atoms with Crippen LogP contribution in [0, 0.1) is 13.8 Å². The largest absolute Gasteiger partial charge is 0.509 e. The zero-order chi connectivity index (χ0) is 58.2. The molecule has 5 aliphatic heterocycles. The first-order valence-electron chi connectivity index (χ1n) is 29.9. The summed E-state index contributed by atoms with van der Waals surface area (Å²) in [7, 11) is 0. The molecule has 4 aromatic carbocycles. The number of aliphatic hydroxyl groups is 1. The molecule has 0 radical (unpaired) electrons. The lowest BCUT2D eigenvalue weighted by molar-refractivity contribution is -0.0482. The number of aryl methyl sites for hydroxylation is 2. The first-order chi connectivity index (χ1) is 40.3. The number of hydrogen-bond acceptors (Lipinski definition) is 14. The highest BCUT2D eigenvalue weighted by atomic mass is 16.7. The molecule has 5 saturated heterocycles. The number of rotatable bonds is 16. The van der Waals surface area contributed by atoms with Gasteiger partial charge in [0.25, 0.3) is 11.1 Å². The smallest absolute Gasteiger partial charge is 0.428 e. The second-order valence-electron chi connectivity index (χ2n) is 22.8. The molecule has 0 amide bonds. The number of aromatic nitrogens is 4. The van der Waals surface area contributed by atoms with E-state index in [-0.39, 0.29) is 20.0 Å². The lowest BCUT2D eigenvalue weighted by Crippen LogP contribution is -2.55. The summed E-state index contributed by atoms with van der Waals surface area (Å²) < 4.78 is 26.2. The van der Waals surface area contributed by atoms with Crippen molar-refractivity contribution in [1.29, 1.82) is 0 Å². The number of fused-ring (bicyclic) bond motifs is 1. The predicted octanol–water partition coefficient (Wildman–Crippen LogP) is 9.09. The number of H-pyrrole nitrogens is 2. The fraction of sp³-hybridized carbons (Fsp3) is 0.500. The molecule has 11 rings (SSSR count). The van der Waals surface area contributed by atoms with E-state index in [9.17, 15) is 29.1 Å². The van der Waals surface area contributed by atoms with E-state index in [1.165, 1.54) is 83.4 Å². The van der Waals surface area contributed by atoms with Crippen molar-refractivity contribution in [3.05, 3.63) is 209 Å². The van der Waals surface area contributed by atoms with Gasteiger partial charge >= 0.3 is 17.5 Å². The summed E-state index contributed by atoms with van der Waals surface area (Å²) in [5.74, 6) is 0. The van der Waals surface area contributed by atoms with Crippen LogP contribution in [-0.2, 0) is 32.0 Å². The Balaban J connectivity index is 0.000000186. The molecular formula is C66H88N8O10. The van der Waals surface area contributed by atoms with Crippen molar-refractivity contribution in [2.24, 2.45) is 0 Å². The second kappa shape index (κ2) is 30.9. The van der Waals surface area contributed by atoms with Gasteiger partial charge in [-0.15, -0.1) is 0 Å². The lowest BCUT2D eigenvalue weighted by atomic mass is 9.92. The van der Waals surface area contributed by atoms with E-state index < -0.39 is 65.5 Å². The maximum absolute atomic E-state index is 13.3. The Hall–Kier alpha value is -6.77. The Morgan fingerprint density at radius 2 is 1.27 bits per heavy atom. The van der Waals surface area contributed by atoms with Crippen molar-refractivity contribution in [2.45, 2.75) is 174 Å². The molecule has 0 bridgehead atoms. The number of benzene rings is 4. The molecule has 5 aliphatic rings. The van der Waals surface area contributed by atoms with Crippen molar-refractivity contribution in [2.75, 3.05) is 39.3 Å². The molecule has 0 spiro atoms. The quantitative estimate of drug-likeness (QED) is 0.0668. The van der Waals surface area contributed by atoms with Crippen molar-refractivity contribution < 1.29 is 28.8 Å². The third-order valence-corrected chi connectivity index (χ3v) is 16.7. The summed E-state index contributed by atoms with van der Waals surface area (Å²) in [5, 5.41) is 13.4. The van der Waals surface area contributed by atoms with Gasteiger partial charge in [0.2, 0.25) is 0 Å². The maximum Gasteiger partial charge on any atom is 0.509 e. The van der Waals surface area contributed by atoms with E-state index in [2.05, 4.69) is 103 Å². The highest BCUT2D eigenvalue weighted by Crippen LogP contribution is 2.36. The lowest BCUT2D eigenvalue weighted by Gasteiger charge is -2.49. The minimum atomic E-state index is -0.776. The monoisotopic (exact) mass is 1150 g/mol. The van der Waals surface area contributed by atoms with Gasteiger partial charge in [-0.1, -0.05) is 155 Å². The fourth-order valence-electron chi connectivity index (χ4n) is 12.3. The molecular weight excluding hydrogens is 1060 g/mol. The average molecular weight is 1150 g/mol. The molecule has 0 saturated carbocycles. The highest BCUT2D eigenvalue weighted by molar-refractivity contribution is 5.61. The molecule has 7 heterocycles. The van der Waals surface area contributed by atoms with Gasteiger partial charge in [-0.05, 0) is 87.7 Å². The summed E-state index contributed by atoms with van der Waals surface area (Å²) in [5.41, 5.74) is 3.95. The molecule has 18 nitrogen and oxygen atoms in total. The van der Waals surface area contributed by atoms with Crippen LogP contribution in [0.25, 0.3) is 0 Å². The molecule has 10 atom stereocenters. The zero-order valence-corrected chi connectivity index (χ0v) is 48.6. The molecule has 18 heteroatoms. The number of nitrogens with zero attached hydrogens (tertiary/aromatic N) is 5. The molecule has 2 aromatic heterocycles. The van der Waals surface area contributed by atoms with Crippen molar-refractivity contribution in [1.82, 2.24) is 39.1 Å². The van der Waals surface area contributed by atoms with E-state index in [1.807, 2.05) is 62.4 Å². The Labute approximate surface area is 493 Å². The number of piperazine rings is 1.